The van der Waals surface area contributed by atoms with Crippen LogP contribution in [-0.2, 0) is 17.9 Å². The van der Waals surface area contributed by atoms with Crippen LogP contribution in [0.4, 0.5) is 10.1 Å². The number of nitrogens with one attached hydrogen (secondary N) is 1. The van der Waals surface area contributed by atoms with Gasteiger partial charge in [0.15, 0.2) is 0 Å². The maximum atomic E-state index is 13.4. The summed E-state index contributed by atoms with van der Waals surface area (Å²) in [6, 6.07) is 14.5. The first-order valence-electron chi connectivity index (χ1n) is 12.0. The zero-order chi connectivity index (χ0) is 25.2. The summed E-state index contributed by atoms with van der Waals surface area (Å²) in [7, 11) is 0. The number of carbonyl (C=O) groups is 1. The van der Waals surface area contributed by atoms with E-state index < -0.39 is 0 Å². The number of nitrogens with zero attached hydrogens (tertiary/aromatic N) is 3. The highest BCUT2D eigenvalue weighted by Crippen LogP contribution is 2.30. The fraction of sp³-hybridized carbons (Fsp3) is 0.370. The van der Waals surface area contributed by atoms with Crippen LogP contribution in [0.2, 0.25) is 0 Å². The van der Waals surface area contributed by atoms with Crippen LogP contribution < -0.4 is 10.9 Å². The van der Waals surface area contributed by atoms with Crippen molar-refractivity contribution in [3.05, 3.63) is 76.3 Å². The fourth-order valence-electron chi connectivity index (χ4n) is 3.97. The van der Waals surface area contributed by atoms with Crippen LogP contribution in [0, 0.1) is 5.82 Å². The summed E-state index contributed by atoms with van der Waals surface area (Å²) in [6.07, 6.45) is 3.81. The van der Waals surface area contributed by atoms with E-state index in [0.29, 0.717) is 23.5 Å². The first-order valence-corrected chi connectivity index (χ1v) is 12.0. The van der Waals surface area contributed by atoms with E-state index in [-0.39, 0.29) is 23.0 Å². The number of hydrogen-bond acceptors (Lipinski definition) is 5. The summed E-state index contributed by atoms with van der Waals surface area (Å²) < 4.78 is 14.8. The molecule has 2 N–H and O–H groups in total. The Bertz CT molecular complexity index is 1200. The van der Waals surface area contributed by atoms with E-state index in [2.05, 4.69) is 22.2 Å². The minimum Gasteiger partial charge on any atom is -0.507 e. The van der Waals surface area contributed by atoms with Gasteiger partial charge < -0.3 is 10.4 Å². The molecule has 2 aromatic carbocycles. The van der Waals surface area contributed by atoms with Gasteiger partial charge in [0, 0.05) is 37.3 Å². The Kier molecular flexibility index (Phi) is 9.55. The molecule has 0 radical (unpaired) electrons. The van der Waals surface area contributed by atoms with E-state index in [9.17, 15) is 19.1 Å². The number of phenolic OH excluding ortho intramolecular Hbond substituents is 1. The number of rotatable bonds is 12. The molecule has 3 aromatic rings. The van der Waals surface area contributed by atoms with Gasteiger partial charge in [0.25, 0.3) is 5.56 Å². The smallest absolute Gasteiger partial charge is 0.266 e. The molecule has 0 bridgehead atoms. The van der Waals surface area contributed by atoms with Gasteiger partial charge >= 0.3 is 0 Å². The van der Waals surface area contributed by atoms with Gasteiger partial charge in [0.05, 0.1) is 5.69 Å². The summed E-state index contributed by atoms with van der Waals surface area (Å²) in [6.45, 7) is 6.57. The Hall–Kier alpha value is -3.52. The lowest BCUT2D eigenvalue weighted by atomic mass is 10.1. The van der Waals surface area contributed by atoms with E-state index in [1.54, 1.807) is 30.3 Å². The number of amides is 1. The van der Waals surface area contributed by atoms with E-state index in [4.69, 9.17) is 0 Å². The molecule has 0 atom stereocenters. The van der Waals surface area contributed by atoms with Gasteiger partial charge in [-0.1, -0.05) is 31.9 Å². The van der Waals surface area contributed by atoms with Gasteiger partial charge in [0.2, 0.25) is 5.91 Å². The van der Waals surface area contributed by atoms with Gasteiger partial charge in [-0.15, -0.1) is 0 Å². The Morgan fingerprint density at radius 1 is 1.09 bits per heavy atom. The highest BCUT2D eigenvalue weighted by Gasteiger charge is 2.10. The van der Waals surface area contributed by atoms with E-state index in [1.807, 2.05) is 6.07 Å². The first-order chi connectivity index (χ1) is 16.9. The SMILES string of the molecule is CCN(CCCCCCn1nc(-c2cc(NC(C)=O)ccc2O)ccc1=O)Cc1cccc(F)c1. The number of carbonyl (C=O) groups excluding carboxylic acids is 1. The predicted octanol–water partition coefficient (Wildman–Crippen LogP) is 4.80. The minimum atomic E-state index is -0.212. The Balaban J connectivity index is 1.50. The normalized spacial score (nSPS) is 11.1. The average Bonchev–Trinajstić information content (AvgIpc) is 2.82. The molecule has 0 saturated heterocycles. The number of aromatic hydroxyl groups is 1. The lowest BCUT2D eigenvalue weighted by Crippen LogP contribution is -2.24. The lowest BCUT2D eigenvalue weighted by molar-refractivity contribution is -0.114. The zero-order valence-corrected chi connectivity index (χ0v) is 20.3. The molecule has 0 fully saturated rings. The third kappa shape index (κ3) is 8.03. The van der Waals surface area contributed by atoms with Crippen molar-refractivity contribution in [2.75, 3.05) is 18.4 Å². The molecule has 35 heavy (non-hydrogen) atoms. The third-order valence-electron chi connectivity index (χ3n) is 5.80. The summed E-state index contributed by atoms with van der Waals surface area (Å²) in [5, 5.41) is 17.4. The summed E-state index contributed by atoms with van der Waals surface area (Å²) in [5.41, 5.74) is 2.24. The van der Waals surface area contributed by atoms with Crippen molar-refractivity contribution in [2.45, 2.75) is 52.6 Å². The molecule has 8 heteroatoms. The van der Waals surface area contributed by atoms with E-state index >= 15 is 0 Å². The highest BCUT2D eigenvalue weighted by atomic mass is 19.1. The van der Waals surface area contributed by atoms with Gasteiger partial charge in [-0.05, 0) is 67.9 Å². The van der Waals surface area contributed by atoms with Crippen LogP contribution in [0.3, 0.4) is 0 Å². The van der Waals surface area contributed by atoms with Crippen LogP contribution >= 0.6 is 0 Å². The fourth-order valence-corrected chi connectivity index (χ4v) is 3.97. The van der Waals surface area contributed by atoms with Crippen molar-refractivity contribution in [2.24, 2.45) is 0 Å². The molecule has 0 aliphatic rings. The van der Waals surface area contributed by atoms with Crippen molar-refractivity contribution < 1.29 is 14.3 Å². The van der Waals surface area contributed by atoms with Crippen molar-refractivity contribution in [1.29, 1.82) is 0 Å². The third-order valence-corrected chi connectivity index (χ3v) is 5.80. The molecular weight excluding hydrogens is 447 g/mol. The number of aromatic nitrogens is 2. The van der Waals surface area contributed by atoms with Crippen LogP contribution in [0.25, 0.3) is 11.3 Å². The molecule has 7 nitrogen and oxygen atoms in total. The molecule has 1 heterocycles. The number of phenols is 1. The molecule has 1 amide bonds. The second-order valence-corrected chi connectivity index (χ2v) is 8.61. The lowest BCUT2D eigenvalue weighted by Gasteiger charge is -2.20. The highest BCUT2D eigenvalue weighted by molar-refractivity contribution is 5.90. The second-order valence-electron chi connectivity index (χ2n) is 8.61. The molecule has 186 valence electrons. The summed E-state index contributed by atoms with van der Waals surface area (Å²) >= 11 is 0. The maximum absolute atomic E-state index is 13.4. The zero-order valence-electron chi connectivity index (χ0n) is 20.3. The monoisotopic (exact) mass is 480 g/mol. The number of halogens is 1. The quantitative estimate of drug-likeness (QED) is 0.287. The Labute approximate surface area is 205 Å². The molecular formula is C27H33FN4O3. The van der Waals surface area contributed by atoms with Crippen molar-refractivity contribution in [1.82, 2.24) is 14.7 Å². The number of benzene rings is 2. The molecule has 0 aliphatic heterocycles. The Morgan fingerprint density at radius 3 is 2.63 bits per heavy atom. The van der Waals surface area contributed by atoms with Crippen LogP contribution in [0.1, 0.15) is 45.1 Å². The van der Waals surface area contributed by atoms with Crippen LogP contribution in [0.15, 0.2) is 59.4 Å². The van der Waals surface area contributed by atoms with Crippen molar-refractivity contribution >= 4 is 11.6 Å². The predicted molar refractivity (Wildman–Crippen MR) is 136 cm³/mol. The van der Waals surface area contributed by atoms with E-state index in [1.165, 1.54) is 29.8 Å². The standard InChI is InChI=1S/C27H33FN4O3/c1-3-31(19-21-9-8-10-22(28)17-21)15-6-4-5-7-16-32-27(35)14-12-25(30-32)24-18-23(29-20(2)33)11-13-26(24)34/h8-14,17-18,34H,3-7,15-16,19H2,1-2H3,(H,29,33). The van der Waals surface area contributed by atoms with Gasteiger partial charge in [-0.25, -0.2) is 9.07 Å². The second kappa shape index (κ2) is 12.8. The largest absolute Gasteiger partial charge is 0.507 e. The number of hydrogen-bond donors (Lipinski definition) is 2. The first kappa shape index (κ1) is 26.1. The van der Waals surface area contributed by atoms with Crippen molar-refractivity contribution in [3.63, 3.8) is 0 Å². The van der Waals surface area contributed by atoms with Crippen LogP contribution in [0.5, 0.6) is 5.75 Å². The Morgan fingerprint density at radius 2 is 1.89 bits per heavy atom. The van der Waals surface area contributed by atoms with Crippen LogP contribution in [-0.4, -0.2) is 38.8 Å². The number of unbranched alkanes of at least 4 members (excludes halogenated alkanes) is 3. The number of anilines is 1. The average molecular weight is 481 g/mol. The van der Waals surface area contributed by atoms with Gasteiger partial charge in [-0.2, -0.15) is 5.10 Å². The van der Waals surface area contributed by atoms with E-state index in [0.717, 1.165) is 50.9 Å². The molecule has 0 spiro atoms. The van der Waals surface area contributed by atoms with Gasteiger partial charge in [-0.3, -0.25) is 14.5 Å². The molecule has 0 unspecified atom stereocenters. The maximum Gasteiger partial charge on any atom is 0.266 e. The molecule has 0 aliphatic carbocycles. The molecule has 0 saturated carbocycles. The summed E-state index contributed by atoms with van der Waals surface area (Å²) in [5.74, 6) is -0.395. The van der Waals surface area contributed by atoms with Gasteiger partial charge in [0.1, 0.15) is 11.6 Å². The summed E-state index contributed by atoms with van der Waals surface area (Å²) in [4.78, 5) is 25.9. The number of aryl methyl sites for hydroxylation is 1. The molecule has 3 rings (SSSR count). The minimum absolute atomic E-state index is 0.0236. The topological polar surface area (TPSA) is 87.5 Å². The van der Waals surface area contributed by atoms with Crippen molar-refractivity contribution in [3.8, 4) is 17.0 Å². The molecule has 1 aromatic heterocycles.